The number of carbonyl (C=O) groups excluding carboxylic acids is 1. The molecule has 2 fully saturated rings. The second kappa shape index (κ2) is 7.38. The molecule has 5 rings (SSSR count). The molecule has 9 heteroatoms. The third-order valence-corrected chi connectivity index (χ3v) is 6.82. The number of halogens is 1. The van der Waals surface area contributed by atoms with Gasteiger partial charge in [0.2, 0.25) is 16.0 Å². The number of hydrogen-bond donors (Lipinski definition) is 0. The van der Waals surface area contributed by atoms with E-state index in [0.29, 0.717) is 0 Å². The van der Waals surface area contributed by atoms with Gasteiger partial charge in [0.15, 0.2) is 0 Å². The van der Waals surface area contributed by atoms with E-state index in [1.54, 1.807) is 16.6 Å². The Morgan fingerprint density at radius 1 is 1.14 bits per heavy atom. The summed E-state index contributed by atoms with van der Waals surface area (Å²) >= 11 is 1.54. The van der Waals surface area contributed by atoms with Gasteiger partial charge in [0.25, 0.3) is 0 Å². The van der Waals surface area contributed by atoms with E-state index in [9.17, 15) is 9.18 Å². The van der Waals surface area contributed by atoms with Gasteiger partial charge in [0, 0.05) is 31.7 Å². The molecule has 2 saturated heterocycles. The maximum absolute atomic E-state index is 13.1. The lowest BCUT2D eigenvalue weighted by Crippen LogP contribution is -2.53. The number of likely N-dealkylation sites (tertiary alicyclic amines) is 1. The predicted molar refractivity (Wildman–Crippen MR) is 111 cm³/mol. The largest absolute Gasteiger partial charge is 0.343 e. The fraction of sp³-hybridized carbons (Fsp3) is 0.450. The molecule has 152 valence electrons. The van der Waals surface area contributed by atoms with E-state index in [-0.39, 0.29) is 17.8 Å². The topological polar surface area (TPSA) is 57.0 Å². The van der Waals surface area contributed by atoms with E-state index in [0.717, 1.165) is 66.9 Å². The monoisotopic (exact) mass is 414 g/mol. The molecule has 4 heterocycles. The number of carbonyl (C=O) groups is 1. The van der Waals surface area contributed by atoms with Gasteiger partial charge in [-0.3, -0.25) is 9.69 Å². The Balaban J connectivity index is 1.25. The summed E-state index contributed by atoms with van der Waals surface area (Å²) in [6.07, 6.45) is 3.94. The molecule has 7 nitrogen and oxygen atoms in total. The summed E-state index contributed by atoms with van der Waals surface area (Å²) in [5.41, 5.74) is 1.65. The second-order valence-corrected chi connectivity index (χ2v) is 8.63. The second-order valence-electron chi connectivity index (χ2n) is 7.70. The van der Waals surface area contributed by atoms with Crippen LogP contribution in [-0.2, 0) is 4.79 Å². The lowest BCUT2D eigenvalue weighted by Gasteiger charge is -2.36. The van der Waals surface area contributed by atoms with E-state index in [1.165, 1.54) is 23.5 Å². The van der Waals surface area contributed by atoms with Crippen molar-refractivity contribution < 1.29 is 9.18 Å². The number of piperazine rings is 1. The van der Waals surface area contributed by atoms with Crippen molar-refractivity contribution in [3.63, 3.8) is 0 Å². The molecular formula is C20H23FN6OS. The van der Waals surface area contributed by atoms with E-state index in [4.69, 9.17) is 0 Å². The van der Waals surface area contributed by atoms with Gasteiger partial charge < -0.3 is 9.80 Å². The number of aromatic nitrogens is 3. The van der Waals surface area contributed by atoms with Crippen molar-refractivity contribution in [1.29, 1.82) is 0 Å². The van der Waals surface area contributed by atoms with E-state index >= 15 is 0 Å². The Kier molecular flexibility index (Phi) is 4.71. The summed E-state index contributed by atoms with van der Waals surface area (Å²) in [4.78, 5) is 24.6. The van der Waals surface area contributed by atoms with Crippen LogP contribution in [0.4, 0.5) is 9.52 Å². The summed E-state index contributed by atoms with van der Waals surface area (Å²) in [7, 11) is 2.04. The number of rotatable bonds is 3. The molecule has 0 N–H and O–H groups in total. The Morgan fingerprint density at radius 3 is 2.55 bits per heavy atom. The molecule has 0 bridgehead atoms. The van der Waals surface area contributed by atoms with Crippen LogP contribution < -0.4 is 4.90 Å². The number of benzene rings is 1. The average molecular weight is 415 g/mol. The van der Waals surface area contributed by atoms with Crippen molar-refractivity contribution in [3.8, 4) is 11.3 Å². The quantitative estimate of drug-likeness (QED) is 0.659. The summed E-state index contributed by atoms with van der Waals surface area (Å²) in [5, 5.41) is 5.59. The Bertz CT molecular complexity index is 992. The minimum absolute atomic E-state index is 0.0505. The number of fused-ring (bicyclic) bond motifs is 1. The van der Waals surface area contributed by atoms with Crippen LogP contribution >= 0.6 is 11.3 Å². The van der Waals surface area contributed by atoms with Crippen molar-refractivity contribution in [1.82, 2.24) is 24.4 Å². The van der Waals surface area contributed by atoms with Crippen LogP contribution in [0.2, 0.25) is 0 Å². The van der Waals surface area contributed by atoms with Gasteiger partial charge >= 0.3 is 0 Å². The third-order valence-electron chi connectivity index (χ3n) is 5.84. The Morgan fingerprint density at radius 2 is 1.90 bits per heavy atom. The fourth-order valence-corrected chi connectivity index (χ4v) is 5.06. The standard InChI is InChI=1S/C20H23FN6OS/c1-24-8-2-3-17(24)18(28)25-9-11-26(12-10-25)20-23-27-13-16(22-19(27)29-20)14-4-6-15(21)7-5-14/h4-7,13,17H,2-3,8-12H2,1H3. The summed E-state index contributed by atoms with van der Waals surface area (Å²) in [6.45, 7) is 4.03. The smallest absolute Gasteiger partial charge is 0.240 e. The molecule has 3 aromatic rings. The van der Waals surface area contributed by atoms with E-state index < -0.39 is 0 Å². The van der Waals surface area contributed by atoms with Gasteiger partial charge in [-0.25, -0.2) is 13.9 Å². The minimum atomic E-state index is -0.257. The number of amides is 1. The predicted octanol–water partition coefficient (Wildman–Crippen LogP) is 2.34. The molecule has 0 radical (unpaired) electrons. The maximum atomic E-state index is 13.1. The fourth-order valence-electron chi connectivity index (χ4n) is 4.13. The highest BCUT2D eigenvalue weighted by Gasteiger charge is 2.33. The highest BCUT2D eigenvalue weighted by atomic mass is 32.1. The molecule has 0 saturated carbocycles. The average Bonchev–Trinajstić information content (AvgIpc) is 3.43. The zero-order valence-corrected chi connectivity index (χ0v) is 17.1. The molecule has 1 unspecified atom stereocenters. The Hall–Kier alpha value is -2.52. The molecule has 2 aromatic heterocycles. The molecule has 1 aromatic carbocycles. The highest BCUT2D eigenvalue weighted by molar-refractivity contribution is 7.20. The van der Waals surface area contributed by atoms with Crippen LogP contribution in [0.5, 0.6) is 0 Å². The number of imidazole rings is 1. The number of likely N-dealkylation sites (N-methyl/N-ethyl adjacent to an activating group) is 1. The van der Waals surface area contributed by atoms with Crippen LogP contribution in [0, 0.1) is 5.82 Å². The van der Waals surface area contributed by atoms with Crippen molar-refractivity contribution in [2.75, 3.05) is 44.7 Å². The van der Waals surface area contributed by atoms with Gasteiger partial charge in [-0.15, -0.1) is 5.10 Å². The van der Waals surface area contributed by atoms with Crippen molar-refractivity contribution in [2.45, 2.75) is 18.9 Å². The molecule has 0 aliphatic carbocycles. The molecule has 29 heavy (non-hydrogen) atoms. The van der Waals surface area contributed by atoms with Crippen LogP contribution in [0.15, 0.2) is 30.5 Å². The van der Waals surface area contributed by atoms with Crippen molar-refractivity contribution in [3.05, 3.63) is 36.3 Å². The Labute approximate surface area is 172 Å². The first-order chi connectivity index (χ1) is 14.1. The molecule has 2 aliphatic heterocycles. The molecule has 0 spiro atoms. The zero-order chi connectivity index (χ0) is 20.0. The van der Waals surface area contributed by atoms with Gasteiger partial charge in [0.05, 0.1) is 17.9 Å². The number of hydrogen-bond acceptors (Lipinski definition) is 6. The molecule has 1 atom stereocenters. The normalized spacial score (nSPS) is 20.7. The highest BCUT2D eigenvalue weighted by Crippen LogP contribution is 2.28. The lowest BCUT2D eigenvalue weighted by atomic mass is 10.2. The zero-order valence-electron chi connectivity index (χ0n) is 16.3. The lowest BCUT2D eigenvalue weighted by molar-refractivity contribution is -0.135. The van der Waals surface area contributed by atoms with E-state index in [1.807, 2.05) is 18.1 Å². The van der Waals surface area contributed by atoms with Crippen molar-refractivity contribution in [2.24, 2.45) is 0 Å². The van der Waals surface area contributed by atoms with Crippen LogP contribution in [-0.4, -0.2) is 76.1 Å². The molecule has 2 aliphatic rings. The van der Waals surface area contributed by atoms with Crippen LogP contribution in [0.3, 0.4) is 0 Å². The van der Waals surface area contributed by atoms with Gasteiger partial charge in [-0.2, -0.15) is 0 Å². The van der Waals surface area contributed by atoms with Gasteiger partial charge in [-0.1, -0.05) is 11.3 Å². The molecular weight excluding hydrogens is 391 g/mol. The first-order valence-corrected chi connectivity index (χ1v) is 10.8. The summed E-state index contributed by atoms with van der Waals surface area (Å²) < 4.78 is 14.9. The summed E-state index contributed by atoms with van der Waals surface area (Å²) in [5.74, 6) is 0.00918. The van der Waals surface area contributed by atoms with Crippen molar-refractivity contribution >= 4 is 27.3 Å². The minimum Gasteiger partial charge on any atom is -0.343 e. The number of anilines is 1. The van der Waals surface area contributed by atoms with Gasteiger partial charge in [-0.05, 0) is 50.7 Å². The van der Waals surface area contributed by atoms with Gasteiger partial charge in [0.1, 0.15) is 5.82 Å². The van der Waals surface area contributed by atoms with E-state index in [2.05, 4.69) is 19.9 Å². The number of nitrogens with zero attached hydrogens (tertiary/aromatic N) is 6. The first kappa shape index (κ1) is 18.5. The third kappa shape index (κ3) is 3.49. The van der Waals surface area contributed by atoms with Crippen LogP contribution in [0.25, 0.3) is 16.2 Å². The van der Waals surface area contributed by atoms with Crippen LogP contribution in [0.1, 0.15) is 12.8 Å². The maximum Gasteiger partial charge on any atom is 0.240 e. The molecule has 1 amide bonds. The first-order valence-electron chi connectivity index (χ1n) is 9.94. The summed E-state index contributed by atoms with van der Waals surface area (Å²) in [6, 6.07) is 6.37. The SMILES string of the molecule is CN1CCCC1C(=O)N1CCN(c2nn3cc(-c4ccc(F)cc4)nc3s2)CC1.